The van der Waals surface area contributed by atoms with Crippen LogP contribution in [0, 0.1) is 0 Å². The van der Waals surface area contributed by atoms with Crippen LogP contribution in [0.1, 0.15) is 12.1 Å². The standard InChI is InChI=1S/C7H11ClN2/c1-10-6-4-7(9-10)3-2-5-8/h4,6H,2-3,5H2,1H3. The third-order valence-electron chi connectivity index (χ3n) is 1.34. The Hall–Kier alpha value is -0.500. The van der Waals surface area contributed by atoms with E-state index in [1.54, 1.807) is 0 Å². The van der Waals surface area contributed by atoms with Gasteiger partial charge in [0, 0.05) is 19.1 Å². The van der Waals surface area contributed by atoms with Gasteiger partial charge in [-0.15, -0.1) is 11.6 Å². The van der Waals surface area contributed by atoms with Crippen molar-refractivity contribution in [2.75, 3.05) is 5.88 Å². The van der Waals surface area contributed by atoms with Crippen molar-refractivity contribution < 1.29 is 0 Å². The molecule has 1 aromatic heterocycles. The first-order valence-corrected chi connectivity index (χ1v) is 3.91. The van der Waals surface area contributed by atoms with Crippen LogP contribution in [0.3, 0.4) is 0 Å². The van der Waals surface area contributed by atoms with Crippen LogP contribution < -0.4 is 0 Å². The summed E-state index contributed by atoms with van der Waals surface area (Å²) in [6.07, 6.45) is 3.95. The average molecular weight is 159 g/mol. The van der Waals surface area contributed by atoms with Crippen molar-refractivity contribution in [3.05, 3.63) is 18.0 Å². The van der Waals surface area contributed by atoms with Gasteiger partial charge in [0.1, 0.15) is 0 Å². The van der Waals surface area contributed by atoms with Crippen LogP contribution >= 0.6 is 11.6 Å². The Labute approximate surface area is 65.8 Å². The van der Waals surface area contributed by atoms with E-state index in [1.807, 2.05) is 24.0 Å². The summed E-state index contributed by atoms with van der Waals surface area (Å²) in [5, 5.41) is 4.21. The van der Waals surface area contributed by atoms with Gasteiger partial charge in [-0.1, -0.05) is 0 Å². The molecule has 0 saturated carbocycles. The fourth-order valence-electron chi connectivity index (χ4n) is 0.844. The zero-order chi connectivity index (χ0) is 7.40. The van der Waals surface area contributed by atoms with Crippen LogP contribution in [0.25, 0.3) is 0 Å². The normalized spacial score (nSPS) is 10.2. The molecule has 0 aliphatic heterocycles. The van der Waals surface area contributed by atoms with Gasteiger partial charge in [0.25, 0.3) is 0 Å². The molecule has 2 nitrogen and oxygen atoms in total. The Bertz CT molecular complexity index is 195. The highest BCUT2D eigenvalue weighted by Crippen LogP contribution is 1.99. The Balaban J connectivity index is 2.42. The molecule has 1 heterocycles. The van der Waals surface area contributed by atoms with E-state index in [4.69, 9.17) is 11.6 Å². The predicted molar refractivity (Wildman–Crippen MR) is 42.2 cm³/mol. The minimum absolute atomic E-state index is 0.719. The monoisotopic (exact) mass is 158 g/mol. The zero-order valence-corrected chi connectivity index (χ0v) is 6.80. The van der Waals surface area contributed by atoms with Crippen molar-refractivity contribution in [2.45, 2.75) is 12.8 Å². The van der Waals surface area contributed by atoms with E-state index in [1.165, 1.54) is 0 Å². The molecule has 0 aliphatic rings. The van der Waals surface area contributed by atoms with Crippen molar-refractivity contribution in [3.63, 3.8) is 0 Å². The van der Waals surface area contributed by atoms with Crippen molar-refractivity contribution in [1.82, 2.24) is 9.78 Å². The van der Waals surface area contributed by atoms with Crippen molar-refractivity contribution in [2.24, 2.45) is 7.05 Å². The summed E-state index contributed by atoms with van der Waals surface area (Å²) in [6.45, 7) is 0. The minimum Gasteiger partial charge on any atom is -0.276 e. The van der Waals surface area contributed by atoms with E-state index < -0.39 is 0 Å². The van der Waals surface area contributed by atoms with Gasteiger partial charge in [-0.05, 0) is 18.9 Å². The second-order valence-corrected chi connectivity index (χ2v) is 2.65. The van der Waals surface area contributed by atoms with Crippen molar-refractivity contribution in [3.8, 4) is 0 Å². The number of nitrogens with zero attached hydrogens (tertiary/aromatic N) is 2. The van der Waals surface area contributed by atoms with E-state index in [9.17, 15) is 0 Å². The molecule has 0 atom stereocenters. The van der Waals surface area contributed by atoms with E-state index in [0.717, 1.165) is 24.4 Å². The smallest absolute Gasteiger partial charge is 0.0624 e. The molecule has 0 saturated heterocycles. The number of rotatable bonds is 3. The molecule has 1 aromatic rings. The van der Waals surface area contributed by atoms with Gasteiger partial charge in [-0.3, -0.25) is 4.68 Å². The van der Waals surface area contributed by atoms with Crippen molar-refractivity contribution in [1.29, 1.82) is 0 Å². The summed E-state index contributed by atoms with van der Waals surface area (Å²) < 4.78 is 1.81. The number of halogens is 1. The molecule has 0 N–H and O–H groups in total. The molecule has 0 aromatic carbocycles. The number of alkyl halides is 1. The first-order chi connectivity index (χ1) is 4.83. The Morgan fingerprint density at radius 3 is 3.00 bits per heavy atom. The highest BCUT2D eigenvalue weighted by Gasteiger charge is 1.94. The lowest BCUT2D eigenvalue weighted by Gasteiger charge is -1.90. The summed E-state index contributed by atoms with van der Waals surface area (Å²) >= 11 is 5.52. The van der Waals surface area contributed by atoms with Gasteiger partial charge < -0.3 is 0 Å². The Morgan fingerprint density at radius 1 is 1.70 bits per heavy atom. The second-order valence-electron chi connectivity index (χ2n) is 2.27. The lowest BCUT2D eigenvalue weighted by atomic mass is 10.3. The third kappa shape index (κ3) is 2.03. The second kappa shape index (κ2) is 3.62. The fraction of sp³-hybridized carbons (Fsp3) is 0.571. The highest BCUT2D eigenvalue weighted by atomic mass is 35.5. The first kappa shape index (κ1) is 7.61. The molecule has 56 valence electrons. The lowest BCUT2D eigenvalue weighted by molar-refractivity contribution is 0.734. The summed E-state index contributed by atoms with van der Waals surface area (Å²) in [4.78, 5) is 0. The van der Waals surface area contributed by atoms with E-state index >= 15 is 0 Å². The van der Waals surface area contributed by atoms with Gasteiger partial charge in [-0.25, -0.2) is 0 Å². The number of hydrogen-bond acceptors (Lipinski definition) is 1. The fourth-order valence-corrected chi connectivity index (χ4v) is 0.978. The van der Waals surface area contributed by atoms with Gasteiger partial charge >= 0.3 is 0 Å². The molecule has 0 amide bonds. The summed E-state index contributed by atoms with van der Waals surface area (Å²) in [6, 6.07) is 2.02. The van der Waals surface area contributed by atoms with E-state index in [0.29, 0.717) is 0 Å². The molecule has 0 spiro atoms. The van der Waals surface area contributed by atoms with Crippen LogP contribution in [0.4, 0.5) is 0 Å². The molecule has 0 fully saturated rings. The molecule has 0 aliphatic carbocycles. The summed E-state index contributed by atoms with van der Waals surface area (Å²) in [7, 11) is 1.92. The Kier molecular flexibility index (Phi) is 2.75. The molecule has 0 bridgehead atoms. The predicted octanol–water partition coefficient (Wildman–Crippen LogP) is 1.59. The van der Waals surface area contributed by atoms with Crippen molar-refractivity contribution >= 4 is 11.6 Å². The third-order valence-corrected chi connectivity index (χ3v) is 1.60. The maximum atomic E-state index is 5.52. The minimum atomic E-state index is 0.719. The number of aryl methyl sites for hydroxylation is 2. The Morgan fingerprint density at radius 2 is 2.50 bits per heavy atom. The molecule has 1 rings (SSSR count). The molecule has 10 heavy (non-hydrogen) atoms. The molecule has 0 unspecified atom stereocenters. The highest BCUT2D eigenvalue weighted by molar-refractivity contribution is 6.17. The largest absolute Gasteiger partial charge is 0.276 e. The maximum absolute atomic E-state index is 5.52. The zero-order valence-electron chi connectivity index (χ0n) is 6.05. The topological polar surface area (TPSA) is 17.8 Å². The molecule has 3 heteroatoms. The van der Waals surface area contributed by atoms with Gasteiger partial charge in [0.2, 0.25) is 0 Å². The number of hydrogen-bond donors (Lipinski definition) is 0. The summed E-state index contributed by atoms with van der Waals surface area (Å²) in [5.41, 5.74) is 1.13. The lowest BCUT2D eigenvalue weighted by Crippen LogP contribution is -1.91. The van der Waals surface area contributed by atoms with E-state index in [-0.39, 0.29) is 0 Å². The first-order valence-electron chi connectivity index (χ1n) is 3.37. The van der Waals surface area contributed by atoms with Crippen LogP contribution in [-0.2, 0) is 13.5 Å². The van der Waals surface area contributed by atoms with Gasteiger partial charge in [0.05, 0.1) is 5.69 Å². The van der Waals surface area contributed by atoms with Crippen LogP contribution in [0.5, 0.6) is 0 Å². The van der Waals surface area contributed by atoms with Crippen LogP contribution in [0.2, 0.25) is 0 Å². The molecular weight excluding hydrogens is 148 g/mol. The van der Waals surface area contributed by atoms with E-state index in [2.05, 4.69) is 5.10 Å². The number of aromatic nitrogens is 2. The van der Waals surface area contributed by atoms with Crippen LogP contribution in [-0.4, -0.2) is 15.7 Å². The van der Waals surface area contributed by atoms with Gasteiger partial charge in [0.15, 0.2) is 0 Å². The average Bonchev–Trinajstić information content (AvgIpc) is 2.31. The quantitative estimate of drug-likeness (QED) is 0.611. The van der Waals surface area contributed by atoms with Crippen LogP contribution in [0.15, 0.2) is 12.3 Å². The van der Waals surface area contributed by atoms with Gasteiger partial charge in [-0.2, -0.15) is 5.10 Å². The maximum Gasteiger partial charge on any atom is 0.0624 e. The molecular formula is C7H11ClN2. The molecule has 0 radical (unpaired) electrons. The SMILES string of the molecule is Cn1ccc(CCCCl)n1. The summed E-state index contributed by atoms with van der Waals surface area (Å²) in [5.74, 6) is 0.719.